The third kappa shape index (κ3) is 5.08. The van der Waals surface area contributed by atoms with Crippen molar-refractivity contribution in [3.05, 3.63) is 88.6 Å². The number of aromatic nitrogens is 1. The number of ether oxygens (including phenoxy) is 1. The van der Waals surface area contributed by atoms with Gasteiger partial charge in [-0.15, -0.1) is 11.3 Å². The summed E-state index contributed by atoms with van der Waals surface area (Å²) in [7, 11) is 0. The van der Waals surface area contributed by atoms with Crippen molar-refractivity contribution in [1.29, 1.82) is 0 Å². The van der Waals surface area contributed by atoms with E-state index in [4.69, 9.17) is 9.72 Å². The maximum atomic E-state index is 6.96. The summed E-state index contributed by atoms with van der Waals surface area (Å²) >= 11 is 1.90. The Morgan fingerprint density at radius 1 is 0.700 bits per heavy atom. The van der Waals surface area contributed by atoms with Crippen molar-refractivity contribution in [1.82, 2.24) is 4.98 Å². The molecule has 50 heavy (non-hydrogen) atoms. The van der Waals surface area contributed by atoms with E-state index in [9.17, 15) is 0 Å². The second kappa shape index (κ2) is 10.5. The number of nitrogens with zero attached hydrogens (tertiary/aromatic N) is 2. The molecule has 0 N–H and O–H groups in total. The Kier molecular flexibility index (Phi) is 7.05. The average Bonchev–Trinajstić information content (AvgIpc) is 3.39. The van der Waals surface area contributed by atoms with Crippen LogP contribution in [0.1, 0.15) is 131 Å². The zero-order valence-electron chi connectivity index (χ0n) is 32.5. The monoisotopic (exact) mass is 680 g/mol. The van der Waals surface area contributed by atoms with Gasteiger partial charge in [0.1, 0.15) is 5.75 Å². The van der Waals surface area contributed by atoms with Gasteiger partial charge >= 0.3 is 0 Å². The summed E-state index contributed by atoms with van der Waals surface area (Å²) in [6.45, 7) is 30.7. The molecule has 8 rings (SSSR count). The number of hydrogen-bond acceptors (Lipinski definition) is 4. The number of fused-ring (bicyclic) bond motifs is 7. The molecule has 0 saturated carbocycles. The normalized spacial score (nSPS) is 17.5. The Labute approximate surface area is 304 Å². The molecule has 0 atom stereocenters. The molecule has 5 heteroatoms. The van der Waals surface area contributed by atoms with Crippen LogP contribution < -0.4 is 25.3 Å². The van der Waals surface area contributed by atoms with Crippen LogP contribution in [0.5, 0.6) is 11.6 Å². The lowest BCUT2D eigenvalue weighted by Crippen LogP contribution is -2.59. The smallest absolute Gasteiger partial charge is 0.271 e. The minimum Gasteiger partial charge on any atom is -0.439 e. The van der Waals surface area contributed by atoms with Crippen molar-refractivity contribution in [2.24, 2.45) is 0 Å². The second-order valence-corrected chi connectivity index (χ2v) is 20.8. The molecule has 2 aromatic heterocycles. The summed E-state index contributed by atoms with van der Waals surface area (Å²) < 4.78 is 9.52. The Balaban J connectivity index is 1.47. The van der Waals surface area contributed by atoms with Gasteiger partial charge in [-0.2, -0.15) is 0 Å². The molecule has 0 radical (unpaired) electrons. The molecule has 3 aromatic carbocycles. The fourth-order valence-corrected chi connectivity index (χ4v) is 9.67. The van der Waals surface area contributed by atoms with Gasteiger partial charge in [-0.1, -0.05) is 108 Å². The summed E-state index contributed by atoms with van der Waals surface area (Å²) in [4.78, 5) is 7.53. The first-order chi connectivity index (χ1) is 23.1. The van der Waals surface area contributed by atoms with Crippen LogP contribution in [-0.4, -0.2) is 11.7 Å². The van der Waals surface area contributed by atoms with Gasteiger partial charge in [0.25, 0.3) is 6.71 Å². The predicted molar refractivity (Wildman–Crippen MR) is 217 cm³/mol. The van der Waals surface area contributed by atoms with E-state index < -0.39 is 0 Å². The van der Waals surface area contributed by atoms with Crippen molar-refractivity contribution in [3.8, 4) is 11.6 Å². The summed E-state index contributed by atoms with van der Waals surface area (Å²) in [6.07, 6.45) is 4.31. The van der Waals surface area contributed by atoms with Gasteiger partial charge in [0.2, 0.25) is 5.88 Å². The third-order valence-corrected chi connectivity index (χ3v) is 13.1. The van der Waals surface area contributed by atoms with Crippen LogP contribution in [0.2, 0.25) is 0 Å². The number of pyridine rings is 1. The zero-order chi connectivity index (χ0) is 35.9. The molecule has 0 saturated heterocycles. The van der Waals surface area contributed by atoms with Crippen molar-refractivity contribution in [2.75, 3.05) is 4.90 Å². The quantitative estimate of drug-likeness (QED) is 0.161. The SMILES string of the molecule is CC(C)(C)c1cc(N2c3cc4c(cc3B3c5sc6ccc(C(C)(C)C)cc6c5Oc5nccc2c53)C(C)(C)CCC4(C)C)cc(C(C)(C)C)c1. The van der Waals surface area contributed by atoms with Crippen LogP contribution in [0.25, 0.3) is 10.1 Å². The van der Waals surface area contributed by atoms with Crippen LogP contribution in [0.4, 0.5) is 17.1 Å². The maximum absolute atomic E-state index is 6.96. The van der Waals surface area contributed by atoms with E-state index in [0.29, 0.717) is 0 Å². The fraction of sp³-hybridized carbons (Fsp3) is 0.444. The van der Waals surface area contributed by atoms with Gasteiger partial charge in [-0.3, -0.25) is 0 Å². The fourth-order valence-electron chi connectivity index (χ4n) is 8.43. The molecule has 0 spiro atoms. The number of anilines is 3. The van der Waals surface area contributed by atoms with Gasteiger partial charge in [0, 0.05) is 43.6 Å². The van der Waals surface area contributed by atoms with Gasteiger partial charge in [0.15, 0.2) is 0 Å². The van der Waals surface area contributed by atoms with E-state index in [1.54, 1.807) is 0 Å². The molecule has 3 aliphatic rings. The lowest BCUT2D eigenvalue weighted by molar-refractivity contribution is 0.332. The highest BCUT2D eigenvalue weighted by molar-refractivity contribution is 7.33. The summed E-state index contributed by atoms with van der Waals surface area (Å²) in [5, 5.41) is 1.20. The third-order valence-electron chi connectivity index (χ3n) is 11.9. The minimum absolute atomic E-state index is 0.00228. The van der Waals surface area contributed by atoms with E-state index in [0.717, 1.165) is 11.6 Å². The zero-order valence-corrected chi connectivity index (χ0v) is 33.3. The highest BCUT2D eigenvalue weighted by atomic mass is 32.1. The number of rotatable bonds is 1. The first-order valence-corrected chi connectivity index (χ1v) is 19.4. The van der Waals surface area contributed by atoms with Gasteiger partial charge in [-0.05, 0) is 110 Å². The minimum atomic E-state index is -0.00228. The van der Waals surface area contributed by atoms with Crippen LogP contribution >= 0.6 is 11.3 Å². The van der Waals surface area contributed by atoms with E-state index in [2.05, 4.69) is 150 Å². The standard InChI is InChI=1S/C45H53BN2OS/c1-41(2,3)26-14-15-36-30(23-26)38-39(50-36)46-33-24-31-32(45(12,13)18-17-44(31,10)11)25-35(33)48(34-16-19-47-40(49-38)37(34)46)29-21-27(42(4,5)6)20-28(22-29)43(7,8)9/h14-16,19-25H,17-18H2,1-13H3. The molecule has 0 unspecified atom stereocenters. The maximum Gasteiger partial charge on any atom is 0.271 e. The molecular formula is C45H53BN2OS. The molecule has 258 valence electrons. The van der Waals surface area contributed by atoms with E-state index in [1.807, 2.05) is 17.5 Å². The molecule has 0 amide bonds. The van der Waals surface area contributed by atoms with Crippen LogP contribution in [-0.2, 0) is 27.1 Å². The van der Waals surface area contributed by atoms with Crippen LogP contribution in [0.3, 0.4) is 0 Å². The molecule has 1 aliphatic carbocycles. The predicted octanol–water partition coefficient (Wildman–Crippen LogP) is 10.9. The van der Waals surface area contributed by atoms with Crippen molar-refractivity contribution in [2.45, 2.75) is 130 Å². The summed E-state index contributed by atoms with van der Waals surface area (Å²) in [5.41, 5.74) is 13.4. The van der Waals surface area contributed by atoms with Gasteiger partial charge in [0.05, 0.1) is 0 Å². The summed E-state index contributed by atoms with van der Waals surface area (Å²) in [5.74, 6) is 1.72. The topological polar surface area (TPSA) is 25.4 Å². The summed E-state index contributed by atoms with van der Waals surface area (Å²) in [6, 6.07) is 21.7. The Morgan fingerprint density at radius 3 is 1.90 bits per heavy atom. The largest absolute Gasteiger partial charge is 0.439 e. The molecule has 0 fully saturated rings. The molecule has 0 bridgehead atoms. The van der Waals surface area contributed by atoms with Gasteiger partial charge in [-0.25, -0.2) is 4.98 Å². The van der Waals surface area contributed by atoms with Crippen molar-refractivity contribution < 1.29 is 4.74 Å². The Morgan fingerprint density at radius 2 is 1.30 bits per heavy atom. The number of hydrogen-bond donors (Lipinski definition) is 0. The molecule has 2 aliphatic heterocycles. The van der Waals surface area contributed by atoms with Crippen molar-refractivity contribution in [3.63, 3.8) is 0 Å². The Hall–Kier alpha value is -3.57. The second-order valence-electron chi connectivity index (χ2n) is 19.7. The van der Waals surface area contributed by atoms with Crippen LogP contribution in [0.15, 0.2) is 60.8 Å². The van der Waals surface area contributed by atoms with Gasteiger partial charge < -0.3 is 9.64 Å². The van der Waals surface area contributed by atoms with E-state index in [1.165, 1.54) is 83.5 Å². The first kappa shape index (κ1) is 33.6. The number of benzene rings is 3. The van der Waals surface area contributed by atoms with Crippen molar-refractivity contribution >= 4 is 60.9 Å². The average molecular weight is 681 g/mol. The van der Waals surface area contributed by atoms with Crippen LogP contribution in [0, 0.1) is 0 Å². The molecule has 4 heterocycles. The lowest BCUT2D eigenvalue weighted by atomic mass is 9.36. The molecular weight excluding hydrogens is 627 g/mol. The Bertz CT molecular complexity index is 2190. The first-order valence-electron chi connectivity index (χ1n) is 18.5. The highest BCUT2D eigenvalue weighted by Crippen LogP contribution is 2.50. The lowest BCUT2D eigenvalue weighted by Gasteiger charge is -2.45. The van der Waals surface area contributed by atoms with E-state index >= 15 is 0 Å². The molecule has 5 aromatic rings. The number of thiophene rings is 1. The molecule has 3 nitrogen and oxygen atoms in total. The van der Waals surface area contributed by atoms with E-state index in [-0.39, 0.29) is 33.8 Å². The highest BCUT2D eigenvalue weighted by Gasteiger charge is 2.47.